The Bertz CT molecular complexity index is 1380. The molecule has 0 bridgehead atoms. The van der Waals surface area contributed by atoms with Crippen molar-refractivity contribution in [1.82, 2.24) is 9.88 Å². The number of hydrogen-bond acceptors (Lipinski definition) is 8. The molecule has 3 aromatic rings. The van der Waals surface area contributed by atoms with Crippen molar-refractivity contribution in [2.24, 2.45) is 5.92 Å². The molecule has 0 saturated carbocycles. The molecule has 3 N–H and O–H groups in total. The number of likely N-dealkylation sites (tertiary alicyclic amines) is 1. The van der Waals surface area contributed by atoms with E-state index in [0.29, 0.717) is 53.9 Å². The van der Waals surface area contributed by atoms with Crippen LogP contribution in [0.1, 0.15) is 63.2 Å². The van der Waals surface area contributed by atoms with Crippen LogP contribution >= 0.6 is 0 Å². The molecule has 1 aliphatic heterocycles. The smallest absolute Gasteiger partial charge is 0.412 e. The molecule has 0 radical (unpaired) electrons. The molecule has 1 fully saturated rings. The number of carbonyl (C=O) groups is 2. The first-order valence-corrected chi connectivity index (χ1v) is 13.7. The summed E-state index contributed by atoms with van der Waals surface area (Å²) in [5.74, 6) is 0.499. The third-order valence-electron chi connectivity index (χ3n) is 6.86. The lowest BCUT2D eigenvalue weighted by atomic mass is 9.91. The Morgan fingerprint density at radius 1 is 0.975 bits per heavy atom. The van der Waals surface area contributed by atoms with Crippen molar-refractivity contribution >= 4 is 34.7 Å². The van der Waals surface area contributed by atoms with Crippen LogP contribution < -0.4 is 26.8 Å². The number of amides is 2. The number of carbonyl (C=O) groups excluding carboxylic acids is 2. The maximum atomic E-state index is 13.1. The third-order valence-corrected chi connectivity index (χ3v) is 6.86. The van der Waals surface area contributed by atoms with Gasteiger partial charge in [-0.15, -0.1) is 0 Å². The number of nitrogens with zero attached hydrogens (tertiary/aromatic N) is 2. The summed E-state index contributed by atoms with van der Waals surface area (Å²) >= 11 is 0. The van der Waals surface area contributed by atoms with Gasteiger partial charge in [-0.2, -0.15) is 0 Å². The molecule has 2 heterocycles. The minimum atomic E-state index is -0.603. The predicted molar refractivity (Wildman–Crippen MR) is 156 cm³/mol. The summed E-state index contributed by atoms with van der Waals surface area (Å²) in [6.07, 6.45) is 7.47. The van der Waals surface area contributed by atoms with Crippen LogP contribution in [0.2, 0.25) is 0 Å². The number of piperidine rings is 1. The van der Waals surface area contributed by atoms with Crippen LogP contribution in [0.4, 0.5) is 27.5 Å². The number of nitrogens with one attached hydrogen (secondary N) is 3. The topological polar surface area (TPSA) is 130 Å². The van der Waals surface area contributed by atoms with E-state index < -0.39 is 22.6 Å². The van der Waals surface area contributed by atoms with Gasteiger partial charge in [0.05, 0.1) is 0 Å². The van der Waals surface area contributed by atoms with Gasteiger partial charge in [0.25, 0.3) is 16.8 Å². The van der Waals surface area contributed by atoms with E-state index in [-0.39, 0.29) is 5.91 Å². The van der Waals surface area contributed by atoms with E-state index in [9.17, 15) is 19.2 Å². The van der Waals surface area contributed by atoms with E-state index in [1.54, 1.807) is 69.6 Å². The molecule has 10 heteroatoms. The molecule has 0 aliphatic carbocycles. The van der Waals surface area contributed by atoms with Gasteiger partial charge < -0.3 is 20.3 Å². The van der Waals surface area contributed by atoms with Crippen LogP contribution in [0.3, 0.4) is 0 Å². The zero-order chi connectivity index (χ0) is 28.7. The van der Waals surface area contributed by atoms with Gasteiger partial charge in [-0.25, -0.2) is 4.79 Å². The first-order chi connectivity index (χ1) is 19.1. The molecule has 4 rings (SSSR count). The highest BCUT2D eigenvalue weighted by atomic mass is 16.6. The maximum Gasteiger partial charge on any atom is 0.412 e. The Hall–Kier alpha value is -4.21. The first-order valence-electron chi connectivity index (χ1n) is 13.7. The Kier molecular flexibility index (Phi) is 9.19. The summed E-state index contributed by atoms with van der Waals surface area (Å²) in [6.45, 7) is 7.39. The van der Waals surface area contributed by atoms with Crippen molar-refractivity contribution in [2.75, 3.05) is 35.6 Å². The largest absolute Gasteiger partial charge is 0.444 e. The number of aromatic nitrogens is 1. The number of benzene rings is 1. The Morgan fingerprint density at radius 3 is 2.38 bits per heavy atom. The molecule has 0 atom stereocenters. The Balaban J connectivity index is 1.17. The van der Waals surface area contributed by atoms with E-state index in [1.807, 2.05) is 4.90 Å². The summed E-state index contributed by atoms with van der Waals surface area (Å²) in [5, 5.41) is 8.80. The van der Waals surface area contributed by atoms with E-state index >= 15 is 0 Å². The molecule has 10 nitrogen and oxygen atoms in total. The Labute approximate surface area is 233 Å². The summed E-state index contributed by atoms with van der Waals surface area (Å²) in [7, 11) is 0. The first kappa shape index (κ1) is 28.8. The number of anilines is 4. The summed E-state index contributed by atoms with van der Waals surface area (Å²) in [6, 6.07) is 10.4. The van der Waals surface area contributed by atoms with E-state index in [4.69, 9.17) is 4.74 Å². The third kappa shape index (κ3) is 7.68. The van der Waals surface area contributed by atoms with Gasteiger partial charge in [0.2, 0.25) is 0 Å². The van der Waals surface area contributed by atoms with Crippen molar-refractivity contribution in [3.8, 4) is 0 Å². The van der Waals surface area contributed by atoms with Crippen molar-refractivity contribution in [1.29, 1.82) is 0 Å². The van der Waals surface area contributed by atoms with Crippen molar-refractivity contribution in [3.05, 3.63) is 74.8 Å². The molecular formula is C30H37N5O5. The molecule has 2 amide bonds. The van der Waals surface area contributed by atoms with Crippen molar-refractivity contribution < 1.29 is 14.3 Å². The maximum absolute atomic E-state index is 13.1. The van der Waals surface area contributed by atoms with E-state index in [0.717, 1.165) is 32.1 Å². The van der Waals surface area contributed by atoms with Crippen LogP contribution in [0, 0.1) is 5.92 Å². The average molecular weight is 548 g/mol. The second-order valence-corrected chi connectivity index (χ2v) is 11.1. The highest BCUT2D eigenvalue weighted by molar-refractivity contribution is 5.96. The lowest BCUT2D eigenvalue weighted by Gasteiger charge is -2.32. The number of pyridine rings is 1. The molecule has 2 aromatic carbocycles. The summed E-state index contributed by atoms with van der Waals surface area (Å²) in [5.41, 5.74) is 0.820. The average Bonchev–Trinajstić information content (AvgIpc) is 2.93. The fourth-order valence-corrected chi connectivity index (χ4v) is 4.79. The fraction of sp³-hybridized carbons (Fsp3) is 0.433. The monoisotopic (exact) mass is 547 g/mol. The molecule has 0 unspecified atom stereocenters. The molecule has 1 saturated heterocycles. The van der Waals surface area contributed by atoms with Crippen LogP contribution in [0.5, 0.6) is 0 Å². The standard InChI is InChI=1S/C30H37N5O5/c1-30(2,3)40-29(39)34-23-9-6-8-21(19-23)28(38)35-17-12-20(13-18-35)7-4-5-14-32-24-25(27(37)26(24)36)33-22-10-15-31-16-11-22/h6,8-11,15-16,19-20,32H,4-5,7,12-14,17-18H2,1-3H3,(H,31,33)(H,34,39). The fourth-order valence-electron chi connectivity index (χ4n) is 4.79. The van der Waals surface area contributed by atoms with Crippen LogP contribution in [-0.2, 0) is 4.74 Å². The molecule has 0 spiro atoms. The minimum absolute atomic E-state index is 0.0420. The van der Waals surface area contributed by atoms with Gasteiger partial charge in [-0.1, -0.05) is 18.9 Å². The van der Waals surface area contributed by atoms with Crippen molar-refractivity contribution in [2.45, 2.75) is 58.5 Å². The molecular weight excluding hydrogens is 510 g/mol. The number of hydrogen-bond donors (Lipinski definition) is 3. The molecule has 40 heavy (non-hydrogen) atoms. The van der Waals surface area contributed by atoms with Gasteiger partial charge >= 0.3 is 6.09 Å². The summed E-state index contributed by atoms with van der Waals surface area (Å²) in [4.78, 5) is 54.9. The zero-order valence-corrected chi connectivity index (χ0v) is 23.3. The van der Waals surface area contributed by atoms with Gasteiger partial charge in [0.15, 0.2) is 0 Å². The van der Waals surface area contributed by atoms with Gasteiger partial charge in [-0.05, 0) is 76.3 Å². The van der Waals surface area contributed by atoms with Gasteiger partial charge in [-0.3, -0.25) is 24.7 Å². The van der Waals surface area contributed by atoms with Gasteiger partial charge in [0.1, 0.15) is 17.0 Å². The van der Waals surface area contributed by atoms with Crippen LogP contribution in [-0.4, -0.2) is 47.1 Å². The number of ether oxygens (including phenoxy) is 1. The minimum Gasteiger partial charge on any atom is -0.444 e. The second kappa shape index (κ2) is 12.8. The zero-order valence-electron chi connectivity index (χ0n) is 23.3. The lowest BCUT2D eigenvalue weighted by molar-refractivity contribution is 0.0633. The lowest BCUT2D eigenvalue weighted by Crippen LogP contribution is -2.38. The predicted octanol–water partition coefficient (Wildman–Crippen LogP) is 4.90. The van der Waals surface area contributed by atoms with Crippen LogP contribution in [0.25, 0.3) is 0 Å². The highest BCUT2D eigenvalue weighted by Crippen LogP contribution is 2.25. The van der Waals surface area contributed by atoms with Crippen molar-refractivity contribution in [3.63, 3.8) is 0 Å². The number of unbranched alkanes of at least 4 members (excludes halogenated alkanes) is 1. The Morgan fingerprint density at radius 2 is 1.68 bits per heavy atom. The van der Waals surface area contributed by atoms with Gasteiger partial charge in [0, 0.05) is 49.0 Å². The van der Waals surface area contributed by atoms with E-state index in [1.165, 1.54) is 0 Å². The normalized spacial score (nSPS) is 14.1. The highest BCUT2D eigenvalue weighted by Gasteiger charge is 2.24. The quantitative estimate of drug-likeness (QED) is 0.241. The SMILES string of the molecule is CC(C)(C)OC(=O)Nc1cccc(C(=O)N2CCC(CCCCNc3c(Nc4ccncc4)c(=O)c3=O)CC2)c1. The van der Waals surface area contributed by atoms with E-state index in [2.05, 4.69) is 20.9 Å². The molecule has 1 aromatic heterocycles. The second-order valence-electron chi connectivity index (χ2n) is 11.1. The summed E-state index contributed by atoms with van der Waals surface area (Å²) < 4.78 is 5.29. The number of rotatable bonds is 10. The molecule has 212 valence electrons. The molecule has 1 aliphatic rings. The van der Waals surface area contributed by atoms with Crippen LogP contribution in [0.15, 0.2) is 58.4 Å².